The first-order valence-electron chi connectivity index (χ1n) is 8.19. The highest BCUT2D eigenvalue weighted by atomic mass is 35.5. The van der Waals surface area contributed by atoms with Gasteiger partial charge < -0.3 is 4.98 Å². The summed E-state index contributed by atoms with van der Waals surface area (Å²) in [7, 11) is 0. The number of aromatic nitrogens is 2. The van der Waals surface area contributed by atoms with E-state index in [1.165, 1.54) is 0 Å². The standard InChI is InChI=1S/C22H17ClN2/c23-20-14-8-7-13-19(20)22(21-24-15-16-25-21,17-9-3-1-4-10-17)18-11-5-2-6-12-18/h1-16H,(H,24,25). The Morgan fingerprint density at radius 2 is 1.28 bits per heavy atom. The molecule has 0 fully saturated rings. The molecule has 1 heterocycles. The largest absolute Gasteiger partial charge is 0.347 e. The summed E-state index contributed by atoms with van der Waals surface area (Å²) in [5, 5.41) is 0.714. The van der Waals surface area contributed by atoms with Crippen LogP contribution >= 0.6 is 11.6 Å². The third-order valence-corrected chi connectivity index (χ3v) is 4.87. The van der Waals surface area contributed by atoms with Gasteiger partial charge in [0.25, 0.3) is 0 Å². The minimum absolute atomic E-state index is 0.607. The van der Waals surface area contributed by atoms with Crippen molar-refractivity contribution in [3.05, 3.63) is 125 Å². The Morgan fingerprint density at radius 1 is 0.720 bits per heavy atom. The summed E-state index contributed by atoms with van der Waals surface area (Å²) in [6, 6.07) is 28.7. The van der Waals surface area contributed by atoms with Crippen LogP contribution in [0.5, 0.6) is 0 Å². The van der Waals surface area contributed by atoms with Gasteiger partial charge in [0.1, 0.15) is 11.2 Å². The van der Waals surface area contributed by atoms with E-state index in [9.17, 15) is 0 Å². The Kier molecular flexibility index (Phi) is 4.12. The minimum atomic E-state index is -0.607. The van der Waals surface area contributed by atoms with E-state index in [0.717, 1.165) is 22.5 Å². The van der Waals surface area contributed by atoms with Gasteiger partial charge in [-0.1, -0.05) is 90.5 Å². The van der Waals surface area contributed by atoms with E-state index in [-0.39, 0.29) is 0 Å². The topological polar surface area (TPSA) is 28.7 Å². The first-order chi connectivity index (χ1) is 12.3. The van der Waals surface area contributed by atoms with Crippen molar-refractivity contribution in [3.63, 3.8) is 0 Å². The normalized spacial score (nSPS) is 11.4. The molecule has 0 unspecified atom stereocenters. The van der Waals surface area contributed by atoms with Crippen LogP contribution in [-0.2, 0) is 5.41 Å². The zero-order chi connectivity index (χ0) is 17.1. The molecule has 0 radical (unpaired) electrons. The zero-order valence-electron chi connectivity index (χ0n) is 13.6. The molecule has 122 valence electrons. The van der Waals surface area contributed by atoms with E-state index in [0.29, 0.717) is 5.02 Å². The van der Waals surface area contributed by atoms with Gasteiger partial charge in [-0.25, -0.2) is 4.98 Å². The Morgan fingerprint density at radius 3 is 1.80 bits per heavy atom. The predicted molar refractivity (Wildman–Crippen MR) is 102 cm³/mol. The molecule has 0 saturated carbocycles. The third kappa shape index (κ3) is 2.55. The van der Waals surface area contributed by atoms with E-state index in [4.69, 9.17) is 11.6 Å². The van der Waals surface area contributed by atoms with E-state index in [1.807, 2.05) is 60.8 Å². The number of benzene rings is 3. The first kappa shape index (κ1) is 15.7. The molecule has 1 N–H and O–H groups in total. The van der Waals surface area contributed by atoms with Gasteiger partial charge in [-0.2, -0.15) is 0 Å². The molecule has 0 bridgehead atoms. The molecule has 4 rings (SSSR count). The van der Waals surface area contributed by atoms with Gasteiger partial charge in [-0.15, -0.1) is 0 Å². The molecule has 0 saturated heterocycles. The SMILES string of the molecule is Clc1ccccc1C(c1ccccc1)(c1ccccc1)c1ncc[nH]1. The lowest BCUT2D eigenvalue weighted by atomic mass is 9.68. The Bertz CT molecular complexity index is 908. The van der Waals surface area contributed by atoms with Gasteiger partial charge in [-0.05, 0) is 22.8 Å². The maximum atomic E-state index is 6.68. The molecule has 25 heavy (non-hydrogen) atoms. The Hall–Kier alpha value is -2.84. The van der Waals surface area contributed by atoms with Crippen LogP contribution in [0.4, 0.5) is 0 Å². The summed E-state index contributed by atoms with van der Waals surface area (Å²) in [5.41, 5.74) is 2.63. The minimum Gasteiger partial charge on any atom is -0.347 e. The monoisotopic (exact) mass is 344 g/mol. The number of halogens is 1. The lowest BCUT2D eigenvalue weighted by Crippen LogP contribution is -2.32. The van der Waals surface area contributed by atoms with Crippen molar-refractivity contribution in [2.75, 3.05) is 0 Å². The molecular formula is C22H17ClN2. The highest BCUT2D eigenvalue weighted by molar-refractivity contribution is 6.31. The van der Waals surface area contributed by atoms with E-state index < -0.39 is 5.41 Å². The average molecular weight is 345 g/mol. The second kappa shape index (κ2) is 6.58. The van der Waals surface area contributed by atoms with E-state index in [1.54, 1.807) is 6.20 Å². The number of nitrogens with one attached hydrogen (secondary N) is 1. The number of nitrogens with zero attached hydrogens (tertiary/aromatic N) is 1. The highest BCUT2D eigenvalue weighted by Gasteiger charge is 2.41. The van der Waals surface area contributed by atoms with Gasteiger partial charge in [0.15, 0.2) is 0 Å². The fraction of sp³-hybridized carbons (Fsp3) is 0.0455. The van der Waals surface area contributed by atoms with Crippen molar-refractivity contribution < 1.29 is 0 Å². The van der Waals surface area contributed by atoms with Gasteiger partial charge in [-0.3, -0.25) is 0 Å². The second-order valence-corrected chi connectivity index (χ2v) is 6.31. The lowest BCUT2D eigenvalue weighted by molar-refractivity contribution is 0.692. The van der Waals surface area contributed by atoms with Gasteiger partial charge in [0, 0.05) is 17.4 Å². The third-order valence-electron chi connectivity index (χ3n) is 4.54. The maximum absolute atomic E-state index is 6.68. The molecule has 0 aliphatic carbocycles. The van der Waals surface area contributed by atoms with Crippen molar-refractivity contribution in [2.45, 2.75) is 5.41 Å². The van der Waals surface area contributed by atoms with Crippen molar-refractivity contribution in [1.29, 1.82) is 0 Å². The molecule has 1 aromatic heterocycles. The Labute approximate surface area is 152 Å². The van der Waals surface area contributed by atoms with Crippen LogP contribution in [-0.4, -0.2) is 9.97 Å². The number of hydrogen-bond acceptors (Lipinski definition) is 1. The summed E-state index contributed by atoms with van der Waals surface area (Å²) in [4.78, 5) is 7.98. The van der Waals surface area contributed by atoms with Crippen molar-refractivity contribution in [3.8, 4) is 0 Å². The van der Waals surface area contributed by atoms with Gasteiger partial charge in [0.05, 0.1) is 0 Å². The van der Waals surface area contributed by atoms with Crippen LogP contribution in [0.15, 0.2) is 97.3 Å². The summed E-state index contributed by atoms with van der Waals surface area (Å²) >= 11 is 6.68. The van der Waals surface area contributed by atoms with E-state index in [2.05, 4.69) is 40.3 Å². The van der Waals surface area contributed by atoms with Crippen LogP contribution in [0.25, 0.3) is 0 Å². The zero-order valence-corrected chi connectivity index (χ0v) is 14.3. The first-order valence-corrected chi connectivity index (χ1v) is 8.57. The smallest absolute Gasteiger partial charge is 0.125 e. The molecule has 0 aliphatic heterocycles. The molecule has 0 aliphatic rings. The number of imidazole rings is 1. The lowest BCUT2D eigenvalue weighted by Gasteiger charge is -2.34. The summed E-state index contributed by atoms with van der Waals surface area (Å²) in [6.07, 6.45) is 3.64. The number of rotatable bonds is 4. The fourth-order valence-electron chi connectivity index (χ4n) is 3.49. The molecule has 3 heteroatoms. The molecule has 3 aromatic carbocycles. The molecule has 0 atom stereocenters. The fourth-order valence-corrected chi connectivity index (χ4v) is 3.77. The van der Waals surface area contributed by atoms with Gasteiger partial charge >= 0.3 is 0 Å². The van der Waals surface area contributed by atoms with Crippen LogP contribution in [0.3, 0.4) is 0 Å². The number of H-pyrrole nitrogens is 1. The summed E-state index contributed by atoms with van der Waals surface area (Å²) in [5.74, 6) is 0.845. The molecule has 2 nitrogen and oxygen atoms in total. The predicted octanol–water partition coefficient (Wildman–Crippen LogP) is 5.45. The average Bonchev–Trinajstić information content (AvgIpc) is 3.21. The highest BCUT2D eigenvalue weighted by Crippen LogP contribution is 2.45. The molecule has 4 aromatic rings. The number of hydrogen-bond donors (Lipinski definition) is 1. The van der Waals surface area contributed by atoms with Gasteiger partial charge in [0.2, 0.25) is 0 Å². The van der Waals surface area contributed by atoms with Crippen LogP contribution in [0.2, 0.25) is 5.02 Å². The van der Waals surface area contributed by atoms with Crippen LogP contribution in [0, 0.1) is 0 Å². The quantitative estimate of drug-likeness (QED) is 0.490. The summed E-state index contributed by atoms with van der Waals surface area (Å²) in [6.45, 7) is 0. The Balaban J connectivity index is 2.15. The van der Waals surface area contributed by atoms with Crippen molar-refractivity contribution in [1.82, 2.24) is 9.97 Å². The molecular weight excluding hydrogens is 328 g/mol. The van der Waals surface area contributed by atoms with Crippen molar-refractivity contribution >= 4 is 11.6 Å². The number of aromatic amines is 1. The maximum Gasteiger partial charge on any atom is 0.125 e. The van der Waals surface area contributed by atoms with E-state index >= 15 is 0 Å². The van der Waals surface area contributed by atoms with Crippen LogP contribution in [0.1, 0.15) is 22.5 Å². The van der Waals surface area contributed by atoms with Crippen molar-refractivity contribution in [2.24, 2.45) is 0 Å². The molecule has 0 spiro atoms. The second-order valence-electron chi connectivity index (χ2n) is 5.90. The summed E-state index contributed by atoms with van der Waals surface area (Å²) < 4.78 is 0. The van der Waals surface area contributed by atoms with Crippen LogP contribution < -0.4 is 0 Å². The molecule has 0 amide bonds.